The van der Waals surface area contributed by atoms with E-state index in [1.54, 1.807) is 43.3 Å². The molecular weight excluding hydrogens is 1340 g/mol. The van der Waals surface area contributed by atoms with E-state index in [4.69, 9.17) is 56.2 Å². The summed E-state index contributed by atoms with van der Waals surface area (Å²) in [7, 11) is 0. The fourth-order valence-electron chi connectivity index (χ4n) is 7.98. The number of hydrogen-bond donors (Lipinski definition) is 13. The first-order valence-corrected chi connectivity index (χ1v) is 31.0. The summed E-state index contributed by atoms with van der Waals surface area (Å²) < 4.78 is 0. The zero-order chi connectivity index (χ0) is 77.3. The van der Waals surface area contributed by atoms with E-state index in [2.05, 4.69) is 13.8 Å². The lowest BCUT2D eigenvalue weighted by atomic mass is 10.1. The Morgan fingerprint density at radius 2 is 0.683 bits per heavy atom. The van der Waals surface area contributed by atoms with E-state index in [0.717, 1.165) is 31.2 Å². The molecule has 13 N–H and O–H groups in total. The third-order valence-electron chi connectivity index (χ3n) is 13.4. The Labute approximate surface area is 578 Å². The fraction of sp³-hybridized carbons (Fsp3) is 0.353. The lowest BCUT2D eigenvalue weighted by Crippen LogP contribution is -2.02. The summed E-state index contributed by atoms with van der Waals surface area (Å²) in [4.78, 5) is 120. The van der Waals surface area contributed by atoms with Crippen LogP contribution in [0.25, 0.3) is 0 Å². The van der Waals surface area contributed by atoms with Crippen LogP contribution >= 0.6 is 0 Å². The van der Waals surface area contributed by atoms with Gasteiger partial charge in [0.2, 0.25) is 11.5 Å². The molecule has 0 fully saturated rings. The normalized spacial score (nSPS) is 9.74. The van der Waals surface area contributed by atoms with E-state index in [1.807, 2.05) is 6.92 Å². The highest BCUT2D eigenvalue weighted by molar-refractivity contribution is 5.94. The molecule has 33 nitrogen and oxygen atoms in total. The Hall–Kier alpha value is -12.3. The van der Waals surface area contributed by atoms with Gasteiger partial charge in [-0.25, -0.2) is 28.8 Å². The topological polar surface area (TPSA) is 572 Å². The molecule has 0 atom stereocenters. The monoisotopic (exact) mass is 1420 g/mol. The molecule has 6 rings (SSSR count). The van der Waals surface area contributed by atoms with Crippen molar-refractivity contribution in [2.24, 2.45) is 0 Å². The minimum absolute atomic E-state index is 0.0279. The van der Waals surface area contributed by atoms with Crippen LogP contribution in [0.1, 0.15) is 216 Å². The number of carboxylic acid groups (broad SMARTS) is 8. The second kappa shape index (κ2) is 51.0. The van der Waals surface area contributed by atoms with Gasteiger partial charge in [0.15, 0.2) is 0 Å². The fourth-order valence-corrected chi connectivity index (χ4v) is 7.98. The number of benzene rings is 6. The van der Waals surface area contributed by atoms with Gasteiger partial charge in [-0.15, -0.1) is 0 Å². The maximum Gasteiger partial charge on any atom is 0.340 e. The standard InChI is InChI=1S/C13H26O2.C11H22O2.C8H8O3.C8H8O2.2C7H4N2O7.2C7H6O3/c1-2-3-4-5-6-7-8-9-10-11-12-13(14)15;1-2-3-4-5-6-7-8-9-10-11(12)13;1-5-4-6(8(10)11)2-3-7(5)9;1-6-2-4-7(5-3-6)8(9)10;2*10-6-4(7(11)12)1-3(8(13)14)2-5(6)9(15)16;8-6-3-1-2-5(4-6)7(9)10;8-6-4-2-1-3-5(6)7(9)10/h2-12H2,1H3,(H,14,15);2-10H2,1H3,(H,12,13);2-4,9H,1H3,(H,10,11);2-5H,1H3,(H,9,10);2*1-2,10H,(H,11,12);2*1-4,8H,(H,9,10). The van der Waals surface area contributed by atoms with Crippen LogP contribution in [0.4, 0.5) is 22.7 Å². The van der Waals surface area contributed by atoms with Crippen LogP contribution in [0, 0.1) is 54.3 Å². The molecule has 33 heteroatoms. The molecule has 0 aromatic heterocycles. The van der Waals surface area contributed by atoms with Gasteiger partial charge in [0, 0.05) is 25.0 Å². The van der Waals surface area contributed by atoms with Crippen molar-refractivity contribution in [3.8, 4) is 28.7 Å². The number of nitrogens with zero attached hydrogens (tertiary/aromatic N) is 4. The van der Waals surface area contributed by atoms with E-state index in [0.29, 0.717) is 48.2 Å². The van der Waals surface area contributed by atoms with Crippen molar-refractivity contribution in [2.75, 3.05) is 0 Å². The van der Waals surface area contributed by atoms with Crippen LogP contribution in [-0.2, 0) is 9.59 Å². The summed E-state index contributed by atoms with van der Waals surface area (Å²) >= 11 is 0. The summed E-state index contributed by atoms with van der Waals surface area (Å²) in [6, 6.07) is 24.3. The number of para-hydroxylation sites is 1. The van der Waals surface area contributed by atoms with Gasteiger partial charge in [0.1, 0.15) is 33.9 Å². The minimum Gasteiger partial charge on any atom is -0.508 e. The van der Waals surface area contributed by atoms with Gasteiger partial charge in [0.05, 0.1) is 48.5 Å². The molecule has 0 spiro atoms. The minimum atomic E-state index is -1.69. The van der Waals surface area contributed by atoms with Gasteiger partial charge in [-0.05, 0) is 92.9 Å². The van der Waals surface area contributed by atoms with Crippen molar-refractivity contribution < 1.29 is 124 Å². The number of phenolic OH excluding ortho intramolecular Hbond substituents is 2. The van der Waals surface area contributed by atoms with Crippen molar-refractivity contribution in [3.05, 3.63) is 200 Å². The molecule has 6 aromatic rings. The zero-order valence-corrected chi connectivity index (χ0v) is 55.7. The van der Waals surface area contributed by atoms with E-state index < -0.39 is 113 Å². The summed E-state index contributed by atoms with van der Waals surface area (Å²) in [6.07, 6.45) is 23.0. The molecule has 6 aromatic carbocycles. The highest BCUT2D eigenvalue weighted by Gasteiger charge is 2.28. The second-order valence-corrected chi connectivity index (χ2v) is 21.5. The molecule has 0 unspecified atom stereocenters. The Morgan fingerprint density at radius 3 is 0.970 bits per heavy atom. The largest absolute Gasteiger partial charge is 0.508 e. The maximum atomic E-state index is 10.6. The molecule has 0 aliphatic rings. The number of carbonyl (C=O) groups is 8. The van der Waals surface area contributed by atoms with Crippen LogP contribution in [0.3, 0.4) is 0 Å². The third-order valence-corrected chi connectivity index (χ3v) is 13.4. The first kappa shape index (κ1) is 90.7. The second-order valence-electron chi connectivity index (χ2n) is 21.5. The zero-order valence-electron chi connectivity index (χ0n) is 55.7. The van der Waals surface area contributed by atoms with Gasteiger partial charge < -0.3 is 66.4 Å². The van der Waals surface area contributed by atoms with Gasteiger partial charge in [-0.3, -0.25) is 50.0 Å². The molecule has 0 amide bonds. The first-order chi connectivity index (χ1) is 47.4. The summed E-state index contributed by atoms with van der Waals surface area (Å²) in [5, 5.41) is 154. The molecule has 550 valence electrons. The average Bonchev–Trinajstić information content (AvgIpc) is 0.818. The van der Waals surface area contributed by atoms with E-state index in [9.17, 15) is 89.0 Å². The molecule has 0 saturated heterocycles. The number of carboxylic acids is 8. The quantitative estimate of drug-likeness (QED) is 0.0113. The predicted octanol–water partition coefficient (Wildman–Crippen LogP) is 15.1. The van der Waals surface area contributed by atoms with Crippen LogP contribution in [0.5, 0.6) is 28.7 Å². The number of aromatic carboxylic acids is 6. The van der Waals surface area contributed by atoms with E-state index >= 15 is 0 Å². The molecule has 0 saturated carbocycles. The number of non-ortho nitro benzene ring substituents is 2. The third kappa shape index (κ3) is 40.7. The first-order valence-electron chi connectivity index (χ1n) is 31.0. The summed E-state index contributed by atoms with van der Waals surface area (Å²) in [5.74, 6) is -11.0. The highest BCUT2D eigenvalue weighted by atomic mass is 16.6. The lowest BCUT2D eigenvalue weighted by Gasteiger charge is -2.01. The van der Waals surface area contributed by atoms with Gasteiger partial charge in [-0.2, -0.15) is 0 Å². The highest BCUT2D eigenvalue weighted by Crippen LogP contribution is 2.35. The van der Waals surface area contributed by atoms with E-state index in [1.165, 1.54) is 144 Å². The molecule has 101 heavy (non-hydrogen) atoms. The Balaban J connectivity index is 0. The van der Waals surface area contributed by atoms with Crippen molar-refractivity contribution in [2.45, 2.75) is 156 Å². The smallest absolute Gasteiger partial charge is 0.340 e. The number of phenols is 5. The van der Waals surface area contributed by atoms with E-state index in [-0.39, 0.29) is 33.9 Å². The molecule has 0 aliphatic carbocycles. The number of nitro groups is 4. The van der Waals surface area contributed by atoms with Crippen molar-refractivity contribution >= 4 is 70.5 Å². The molecule has 0 radical (unpaired) electrons. The molecule has 0 aliphatic heterocycles. The maximum absolute atomic E-state index is 10.6. The Kier molecular flexibility index (Phi) is 45.8. The number of rotatable bonds is 30. The average molecular weight is 1420 g/mol. The van der Waals surface area contributed by atoms with Crippen LogP contribution in [0.2, 0.25) is 0 Å². The van der Waals surface area contributed by atoms with Crippen molar-refractivity contribution in [1.29, 1.82) is 0 Å². The van der Waals surface area contributed by atoms with Crippen LogP contribution in [-0.4, -0.2) is 134 Å². The number of unbranched alkanes of at least 4 members (excludes halogenated alkanes) is 16. The lowest BCUT2D eigenvalue weighted by molar-refractivity contribution is -0.395. The Morgan fingerprint density at radius 1 is 0.337 bits per heavy atom. The van der Waals surface area contributed by atoms with Gasteiger partial charge >= 0.3 is 59.1 Å². The SMILES string of the molecule is CCCCCCCCCCC(=O)O.CCCCCCCCCCCCC(=O)O.Cc1cc(C(=O)O)ccc1O.Cc1ccc(C(=O)O)cc1.O=C(O)c1cc([N+](=O)[O-])cc([N+](=O)[O-])c1O.O=C(O)c1cc([N+](=O)[O-])cc([N+](=O)[O-])c1O.O=C(O)c1cccc(O)c1.O=C(O)c1ccccc1O. The van der Waals surface area contributed by atoms with Crippen LogP contribution < -0.4 is 0 Å². The van der Waals surface area contributed by atoms with Gasteiger partial charge in [0.25, 0.3) is 11.4 Å². The molecule has 0 bridgehead atoms. The van der Waals surface area contributed by atoms with Gasteiger partial charge in [-0.1, -0.05) is 152 Å². The summed E-state index contributed by atoms with van der Waals surface area (Å²) in [5.41, 5.74) is -3.16. The van der Waals surface area contributed by atoms with Crippen LogP contribution in [0.15, 0.2) is 115 Å². The number of aromatic hydroxyl groups is 5. The summed E-state index contributed by atoms with van der Waals surface area (Å²) in [6.45, 7) is 8.03. The van der Waals surface area contributed by atoms with Crippen molar-refractivity contribution in [3.63, 3.8) is 0 Å². The number of aryl methyl sites for hydroxylation is 2. The Bertz CT molecular complexity index is 3530. The molecular formula is C68H84N4O29. The molecule has 0 heterocycles. The van der Waals surface area contributed by atoms with Crippen molar-refractivity contribution in [1.82, 2.24) is 0 Å². The number of hydrogen-bond acceptors (Lipinski definition) is 21. The number of aliphatic carboxylic acids is 2. The number of nitro benzene ring substituents is 4. The predicted molar refractivity (Wildman–Crippen MR) is 364 cm³/mol.